The summed E-state index contributed by atoms with van der Waals surface area (Å²) in [6, 6.07) is 7.49. The average Bonchev–Trinajstić information content (AvgIpc) is 2.81. The van der Waals surface area contributed by atoms with Gasteiger partial charge in [-0.1, -0.05) is 24.4 Å². The maximum Gasteiger partial charge on any atom is 0.256 e. The van der Waals surface area contributed by atoms with E-state index >= 15 is 0 Å². The molecule has 1 heterocycles. The van der Waals surface area contributed by atoms with E-state index in [9.17, 15) is 4.79 Å². The van der Waals surface area contributed by atoms with Crippen LogP contribution in [0.2, 0.25) is 5.02 Å². The number of halogens is 1. The number of benzene rings is 1. The Bertz CT molecular complexity index is 611. The molecule has 0 saturated heterocycles. The molecule has 2 aromatic rings. The summed E-state index contributed by atoms with van der Waals surface area (Å²) >= 11 is 5.97. The van der Waals surface area contributed by atoms with Crippen LogP contribution in [-0.2, 0) is 0 Å². The Morgan fingerprint density at radius 1 is 1.18 bits per heavy atom. The highest BCUT2D eigenvalue weighted by Crippen LogP contribution is 2.33. The highest BCUT2D eigenvalue weighted by atomic mass is 35.5. The summed E-state index contributed by atoms with van der Waals surface area (Å²) in [7, 11) is 0. The van der Waals surface area contributed by atoms with Crippen molar-refractivity contribution in [3.8, 4) is 0 Å². The molecule has 1 aliphatic rings. The molecule has 1 aromatic carbocycles. The van der Waals surface area contributed by atoms with Crippen molar-refractivity contribution in [1.29, 1.82) is 0 Å². The number of aromatic amines is 1. The van der Waals surface area contributed by atoms with Gasteiger partial charge in [0, 0.05) is 16.1 Å². The molecule has 88 valence electrons. The van der Waals surface area contributed by atoms with Gasteiger partial charge in [0.15, 0.2) is 0 Å². The quantitative estimate of drug-likeness (QED) is 0.816. The predicted molar refractivity (Wildman–Crippen MR) is 70.8 cm³/mol. The van der Waals surface area contributed by atoms with Crippen molar-refractivity contribution in [2.24, 2.45) is 0 Å². The molecule has 0 spiro atoms. The number of fused-ring (bicyclic) bond motifs is 1. The van der Waals surface area contributed by atoms with Gasteiger partial charge in [0.25, 0.3) is 5.56 Å². The predicted octanol–water partition coefficient (Wildman–Crippen LogP) is 3.84. The molecule has 3 rings (SSSR count). The minimum Gasteiger partial charge on any atom is -0.325 e. The first-order chi connectivity index (χ1) is 8.24. The summed E-state index contributed by atoms with van der Waals surface area (Å²) in [4.78, 5) is 15.0. The molecule has 1 fully saturated rings. The Morgan fingerprint density at radius 2 is 1.94 bits per heavy atom. The first-order valence-electron chi connectivity index (χ1n) is 6.06. The summed E-state index contributed by atoms with van der Waals surface area (Å²) in [5, 5.41) is 2.35. The van der Waals surface area contributed by atoms with Crippen LogP contribution in [0.4, 0.5) is 0 Å². The van der Waals surface area contributed by atoms with Gasteiger partial charge in [-0.25, -0.2) is 0 Å². The van der Waals surface area contributed by atoms with Crippen LogP contribution in [0.3, 0.4) is 0 Å². The number of hydrogen-bond acceptors (Lipinski definition) is 1. The zero-order valence-electron chi connectivity index (χ0n) is 9.50. The van der Waals surface area contributed by atoms with E-state index < -0.39 is 0 Å². The molecule has 0 unspecified atom stereocenters. The Kier molecular flexibility index (Phi) is 2.67. The molecule has 2 nitrogen and oxygen atoms in total. The highest BCUT2D eigenvalue weighted by Gasteiger charge is 2.18. The smallest absolute Gasteiger partial charge is 0.256 e. The molecule has 17 heavy (non-hydrogen) atoms. The highest BCUT2D eigenvalue weighted by molar-refractivity contribution is 6.31. The first kappa shape index (κ1) is 10.8. The van der Waals surface area contributed by atoms with E-state index in [1.54, 1.807) is 12.1 Å². The third kappa shape index (κ3) is 1.98. The average molecular weight is 248 g/mol. The Labute approximate surface area is 105 Å². The molecule has 0 amide bonds. The van der Waals surface area contributed by atoms with Crippen molar-refractivity contribution < 1.29 is 0 Å². The number of pyridine rings is 1. The van der Waals surface area contributed by atoms with E-state index in [0.717, 1.165) is 16.5 Å². The van der Waals surface area contributed by atoms with Crippen LogP contribution in [0.1, 0.15) is 37.3 Å². The topological polar surface area (TPSA) is 32.9 Å². The van der Waals surface area contributed by atoms with Crippen LogP contribution in [0.25, 0.3) is 10.8 Å². The summed E-state index contributed by atoms with van der Waals surface area (Å²) in [5.74, 6) is 0.520. The SMILES string of the molecule is O=c1[nH]c(C2CCCC2)cc2cc(Cl)ccc12. The maximum absolute atomic E-state index is 12.0. The Balaban J connectivity index is 2.18. The van der Waals surface area contributed by atoms with Crippen molar-refractivity contribution >= 4 is 22.4 Å². The van der Waals surface area contributed by atoms with Crippen LogP contribution in [0, 0.1) is 0 Å². The van der Waals surface area contributed by atoms with Gasteiger partial charge in [-0.15, -0.1) is 0 Å². The molecule has 0 radical (unpaired) electrons. The lowest BCUT2D eigenvalue weighted by Crippen LogP contribution is -2.11. The fourth-order valence-corrected chi connectivity index (χ4v) is 2.90. The van der Waals surface area contributed by atoms with Gasteiger partial charge in [-0.3, -0.25) is 4.79 Å². The van der Waals surface area contributed by atoms with E-state index in [-0.39, 0.29) is 5.56 Å². The van der Waals surface area contributed by atoms with Crippen molar-refractivity contribution in [2.75, 3.05) is 0 Å². The molecule has 1 N–H and O–H groups in total. The number of rotatable bonds is 1. The molecular weight excluding hydrogens is 234 g/mol. The molecule has 0 aliphatic heterocycles. The van der Waals surface area contributed by atoms with E-state index in [1.807, 2.05) is 6.07 Å². The van der Waals surface area contributed by atoms with Crippen molar-refractivity contribution in [2.45, 2.75) is 31.6 Å². The van der Waals surface area contributed by atoms with Crippen molar-refractivity contribution in [1.82, 2.24) is 4.98 Å². The summed E-state index contributed by atoms with van der Waals surface area (Å²) in [6.45, 7) is 0. The normalized spacial score (nSPS) is 16.8. The number of H-pyrrole nitrogens is 1. The zero-order valence-corrected chi connectivity index (χ0v) is 10.3. The monoisotopic (exact) mass is 247 g/mol. The van der Waals surface area contributed by atoms with Crippen LogP contribution < -0.4 is 5.56 Å². The molecule has 1 saturated carbocycles. The van der Waals surface area contributed by atoms with E-state index in [1.165, 1.54) is 25.7 Å². The van der Waals surface area contributed by atoms with Gasteiger partial charge in [0.2, 0.25) is 0 Å². The molecule has 1 aliphatic carbocycles. The van der Waals surface area contributed by atoms with Crippen LogP contribution >= 0.6 is 11.6 Å². The lowest BCUT2D eigenvalue weighted by Gasteiger charge is -2.10. The van der Waals surface area contributed by atoms with Gasteiger partial charge in [-0.2, -0.15) is 0 Å². The standard InChI is InChI=1S/C14H14ClNO/c15-11-5-6-12-10(7-11)8-13(16-14(12)17)9-3-1-2-4-9/h5-9H,1-4H2,(H,16,17). The largest absolute Gasteiger partial charge is 0.325 e. The zero-order chi connectivity index (χ0) is 11.8. The lowest BCUT2D eigenvalue weighted by molar-refractivity contribution is 0.696. The summed E-state index contributed by atoms with van der Waals surface area (Å²) in [5.41, 5.74) is 1.07. The number of nitrogens with one attached hydrogen (secondary N) is 1. The number of aromatic nitrogens is 1. The fraction of sp³-hybridized carbons (Fsp3) is 0.357. The number of hydrogen-bond donors (Lipinski definition) is 1. The van der Waals surface area contributed by atoms with Crippen LogP contribution in [0.5, 0.6) is 0 Å². The maximum atomic E-state index is 12.0. The second-order valence-corrected chi connectivity index (χ2v) is 5.20. The fourth-order valence-electron chi connectivity index (χ4n) is 2.72. The minimum absolute atomic E-state index is 0.000988. The molecule has 0 bridgehead atoms. The van der Waals surface area contributed by atoms with Gasteiger partial charge in [0.05, 0.1) is 0 Å². The minimum atomic E-state index is 0.000988. The summed E-state index contributed by atoms with van der Waals surface area (Å²) < 4.78 is 0. The second kappa shape index (κ2) is 4.19. The Morgan fingerprint density at radius 3 is 2.71 bits per heavy atom. The van der Waals surface area contributed by atoms with Gasteiger partial charge < -0.3 is 4.98 Å². The summed E-state index contributed by atoms with van der Waals surface area (Å²) in [6.07, 6.45) is 4.89. The third-order valence-corrected chi connectivity index (χ3v) is 3.86. The molecule has 1 aromatic heterocycles. The van der Waals surface area contributed by atoms with Crippen molar-refractivity contribution in [3.05, 3.63) is 45.3 Å². The Hall–Kier alpha value is -1.28. The van der Waals surface area contributed by atoms with Crippen LogP contribution in [-0.4, -0.2) is 4.98 Å². The molecule has 0 atom stereocenters. The molecular formula is C14H14ClNO. The van der Waals surface area contributed by atoms with E-state index in [0.29, 0.717) is 10.9 Å². The van der Waals surface area contributed by atoms with E-state index in [4.69, 9.17) is 11.6 Å². The first-order valence-corrected chi connectivity index (χ1v) is 6.44. The third-order valence-electron chi connectivity index (χ3n) is 3.62. The van der Waals surface area contributed by atoms with Gasteiger partial charge >= 0.3 is 0 Å². The van der Waals surface area contributed by atoms with E-state index in [2.05, 4.69) is 11.1 Å². The lowest BCUT2D eigenvalue weighted by atomic mass is 10.0. The molecule has 3 heteroatoms. The van der Waals surface area contributed by atoms with Crippen molar-refractivity contribution in [3.63, 3.8) is 0 Å². The van der Waals surface area contributed by atoms with Crippen LogP contribution in [0.15, 0.2) is 29.1 Å². The van der Waals surface area contributed by atoms with Gasteiger partial charge in [-0.05, 0) is 48.4 Å². The second-order valence-electron chi connectivity index (χ2n) is 4.77. The van der Waals surface area contributed by atoms with Gasteiger partial charge in [0.1, 0.15) is 0 Å².